The van der Waals surface area contributed by atoms with Crippen LogP contribution in [0.5, 0.6) is 5.75 Å². The standard InChI is InChI=1S/C9H11F3N2O/c10-9(11,12)6-1-2-8(7(14)5-6)15-4-3-13/h1-2,5H,3-4,13-14H2. The van der Waals surface area contributed by atoms with E-state index >= 15 is 0 Å². The molecule has 6 heteroatoms. The molecule has 0 saturated carbocycles. The summed E-state index contributed by atoms with van der Waals surface area (Å²) in [7, 11) is 0. The van der Waals surface area contributed by atoms with Crippen molar-refractivity contribution >= 4 is 5.69 Å². The van der Waals surface area contributed by atoms with Crippen LogP contribution in [0.2, 0.25) is 0 Å². The van der Waals surface area contributed by atoms with E-state index in [1.807, 2.05) is 0 Å². The average molecular weight is 220 g/mol. The largest absolute Gasteiger partial charge is 0.490 e. The first kappa shape index (κ1) is 11.6. The zero-order chi connectivity index (χ0) is 11.5. The first-order chi connectivity index (χ1) is 6.95. The molecule has 84 valence electrons. The Balaban J connectivity index is 2.88. The predicted octanol–water partition coefficient (Wildman–Crippen LogP) is 1.63. The lowest BCUT2D eigenvalue weighted by Crippen LogP contribution is -2.12. The van der Waals surface area contributed by atoms with Crippen molar-refractivity contribution in [2.75, 3.05) is 18.9 Å². The maximum absolute atomic E-state index is 12.2. The average Bonchev–Trinajstić information content (AvgIpc) is 2.14. The number of halogens is 3. The lowest BCUT2D eigenvalue weighted by Gasteiger charge is -2.11. The minimum atomic E-state index is -4.39. The van der Waals surface area contributed by atoms with Crippen LogP contribution in [0.3, 0.4) is 0 Å². The quantitative estimate of drug-likeness (QED) is 0.761. The van der Waals surface area contributed by atoms with Crippen molar-refractivity contribution in [3.63, 3.8) is 0 Å². The van der Waals surface area contributed by atoms with E-state index in [9.17, 15) is 13.2 Å². The molecule has 0 unspecified atom stereocenters. The van der Waals surface area contributed by atoms with E-state index < -0.39 is 11.7 Å². The van der Waals surface area contributed by atoms with Gasteiger partial charge in [-0.1, -0.05) is 0 Å². The Hall–Kier alpha value is -1.43. The second kappa shape index (κ2) is 4.39. The number of hydrogen-bond donors (Lipinski definition) is 2. The van der Waals surface area contributed by atoms with E-state index in [0.717, 1.165) is 12.1 Å². The van der Waals surface area contributed by atoms with Crippen molar-refractivity contribution in [3.05, 3.63) is 23.8 Å². The summed E-state index contributed by atoms with van der Waals surface area (Å²) in [6, 6.07) is 2.95. The molecule has 0 fully saturated rings. The van der Waals surface area contributed by atoms with Crippen molar-refractivity contribution < 1.29 is 17.9 Å². The van der Waals surface area contributed by atoms with Crippen molar-refractivity contribution in [1.82, 2.24) is 0 Å². The topological polar surface area (TPSA) is 61.3 Å². The van der Waals surface area contributed by atoms with Gasteiger partial charge in [0.2, 0.25) is 0 Å². The molecule has 0 aliphatic carbocycles. The summed E-state index contributed by atoms with van der Waals surface area (Å²) in [6.45, 7) is 0.496. The molecule has 4 N–H and O–H groups in total. The fourth-order valence-corrected chi connectivity index (χ4v) is 1.03. The molecule has 0 amide bonds. The summed E-state index contributed by atoms with van der Waals surface area (Å²) in [5, 5.41) is 0. The van der Waals surface area contributed by atoms with Gasteiger partial charge < -0.3 is 16.2 Å². The molecule has 15 heavy (non-hydrogen) atoms. The molecule has 1 aromatic carbocycles. The Kier molecular flexibility index (Phi) is 3.41. The van der Waals surface area contributed by atoms with E-state index in [1.165, 1.54) is 6.07 Å². The third-order valence-corrected chi connectivity index (χ3v) is 1.71. The SMILES string of the molecule is NCCOc1ccc(C(F)(F)F)cc1N. The van der Waals surface area contributed by atoms with Crippen LogP contribution in [-0.4, -0.2) is 13.2 Å². The van der Waals surface area contributed by atoms with Crippen LogP contribution in [0, 0.1) is 0 Å². The fourth-order valence-electron chi connectivity index (χ4n) is 1.03. The molecular formula is C9H11F3N2O. The highest BCUT2D eigenvalue weighted by Gasteiger charge is 2.30. The van der Waals surface area contributed by atoms with Crippen LogP contribution in [-0.2, 0) is 6.18 Å². The minimum Gasteiger partial charge on any atom is -0.490 e. The summed E-state index contributed by atoms with van der Waals surface area (Å²) in [6.07, 6.45) is -4.39. The van der Waals surface area contributed by atoms with Crippen LogP contribution in [0.1, 0.15) is 5.56 Å². The van der Waals surface area contributed by atoms with Crippen LogP contribution in [0.25, 0.3) is 0 Å². The smallest absolute Gasteiger partial charge is 0.416 e. The second-order valence-electron chi connectivity index (χ2n) is 2.89. The second-order valence-corrected chi connectivity index (χ2v) is 2.89. The number of anilines is 1. The van der Waals surface area contributed by atoms with Gasteiger partial charge in [0.1, 0.15) is 12.4 Å². The number of rotatable bonds is 3. The first-order valence-electron chi connectivity index (χ1n) is 4.24. The van der Waals surface area contributed by atoms with Gasteiger partial charge >= 0.3 is 6.18 Å². The van der Waals surface area contributed by atoms with Gasteiger partial charge in [0.05, 0.1) is 11.3 Å². The van der Waals surface area contributed by atoms with Crippen LogP contribution in [0.4, 0.5) is 18.9 Å². The highest BCUT2D eigenvalue weighted by molar-refractivity contribution is 5.54. The Morgan fingerprint density at radius 1 is 1.27 bits per heavy atom. The van der Waals surface area contributed by atoms with E-state index in [-0.39, 0.29) is 24.6 Å². The monoisotopic (exact) mass is 220 g/mol. The van der Waals surface area contributed by atoms with E-state index in [2.05, 4.69) is 0 Å². The molecule has 1 aromatic rings. The number of nitrogens with two attached hydrogens (primary N) is 2. The minimum absolute atomic E-state index is 0.0433. The Labute approximate surface area is 84.8 Å². The van der Waals surface area contributed by atoms with Gasteiger partial charge in [-0.15, -0.1) is 0 Å². The van der Waals surface area contributed by atoms with Gasteiger partial charge in [-0.05, 0) is 18.2 Å². The number of alkyl halides is 3. The normalized spacial score (nSPS) is 11.5. The van der Waals surface area contributed by atoms with Gasteiger partial charge in [-0.2, -0.15) is 13.2 Å². The Bertz CT molecular complexity index is 339. The molecule has 0 aromatic heterocycles. The third kappa shape index (κ3) is 3.02. The van der Waals surface area contributed by atoms with Gasteiger partial charge in [0.25, 0.3) is 0 Å². The van der Waals surface area contributed by atoms with Crippen molar-refractivity contribution in [1.29, 1.82) is 0 Å². The molecule has 0 bridgehead atoms. The summed E-state index contributed by atoms with van der Waals surface area (Å²) >= 11 is 0. The van der Waals surface area contributed by atoms with Crippen molar-refractivity contribution in [2.24, 2.45) is 5.73 Å². The molecule has 0 heterocycles. The summed E-state index contributed by atoms with van der Waals surface area (Å²) in [5.41, 5.74) is 9.74. The highest BCUT2D eigenvalue weighted by Crippen LogP contribution is 2.33. The van der Waals surface area contributed by atoms with E-state index in [1.54, 1.807) is 0 Å². The molecular weight excluding hydrogens is 209 g/mol. The van der Waals surface area contributed by atoms with E-state index in [0.29, 0.717) is 0 Å². The first-order valence-corrected chi connectivity index (χ1v) is 4.24. The lowest BCUT2D eigenvalue weighted by atomic mass is 10.2. The summed E-state index contributed by atoms with van der Waals surface area (Å²) < 4.78 is 41.7. The maximum Gasteiger partial charge on any atom is 0.416 e. The van der Waals surface area contributed by atoms with Gasteiger partial charge in [-0.3, -0.25) is 0 Å². The van der Waals surface area contributed by atoms with E-state index in [4.69, 9.17) is 16.2 Å². The molecule has 0 spiro atoms. The fraction of sp³-hybridized carbons (Fsp3) is 0.333. The Morgan fingerprint density at radius 3 is 2.40 bits per heavy atom. The molecule has 0 atom stereocenters. The summed E-state index contributed by atoms with van der Waals surface area (Å²) in [5.74, 6) is 0.216. The molecule has 0 saturated heterocycles. The number of nitrogen functional groups attached to an aromatic ring is 1. The molecule has 0 aliphatic heterocycles. The van der Waals surface area contributed by atoms with Crippen LogP contribution in [0.15, 0.2) is 18.2 Å². The molecule has 3 nitrogen and oxygen atoms in total. The zero-order valence-electron chi connectivity index (χ0n) is 7.84. The number of ether oxygens (including phenoxy) is 1. The molecule has 1 rings (SSSR count). The zero-order valence-corrected chi connectivity index (χ0v) is 7.84. The van der Waals surface area contributed by atoms with Gasteiger partial charge in [0, 0.05) is 6.54 Å². The van der Waals surface area contributed by atoms with Crippen LogP contribution < -0.4 is 16.2 Å². The number of hydrogen-bond acceptors (Lipinski definition) is 3. The van der Waals surface area contributed by atoms with Gasteiger partial charge in [0.15, 0.2) is 0 Å². The lowest BCUT2D eigenvalue weighted by molar-refractivity contribution is -0.137. The van der Waals surface area contributed by atoms with Crippen LogP contribution >= 0.6 is 0 Å². The molecule has 0 radical (unpaired) electrons. The van der Waals surface area contributed by atoms with Crippen molar-refractivity contribution in [2.45, 2.75) is 6.18 Å². The highest BCUT2D eigenvalue weighted by atomic mass is 19.4. The van der Waals surface area contributed by atoms with Crippen molar-refractivity contribution in [3.8, 4) is 5.75 Å². The number of benzene rings is 1. The Morgan fingerprint density at radius 2 is 1.93 bits per heavy atom. The summed E-state index contributed by atoms with van der Waals surface area (Å²) in [4.78, 5) is 0. The molecule has 0 aliphatic rings. The third-order valence-electron chi connectivity index (χ3n) is 1.71. The predicted molar refractivity (Wildman–Crippen MR) is 50.4 cm³/mol. The maximum atomic E-state index is 12.2. The van der Waals surface area contributed by atoms with Gasteiger partial charge in [-0.25, -0.2) is 0 Å².